The average Bonchev–Trinajstić information content (AvgIpc) is 3.12. The Balaban J connectivity index is 2.00. The summed E-state index contributed by atoms with van der Waals surface area (Å²) >= 11 is 0. The molecule has 0 aromatic carbocycles. The van der Waals surface area contributed by atoms with Crippen LogP contribution in [0.3, 0.4) is 0 Å². The molecule has 2 N–H and O–H groups in total. The molecule has 0 atom stereocenters. The van der Waals surface area contributed by atoms with Crippen LogP contribution in [0.1, 0.15) is 41.4 Å². The molecule has 27 heavy (non-hydrogen) atoms. The number of carbonyl (C=O) groups is 1. The second-order valence-corrected chi connectivity index (χ2v) is 6.41. The van der Waals surface area contributed by atoms with E-state index in [2.05, 4.69) is 15.1 Å². The minimum absolute atomic E-state index is 0.0622. The van der Waals surface area contributed by atoms with Crippen LogP contribution < -0.4 is 0 Å². The number of halogens is 3. The average molecular weight is 376 g/mol. The molecule has 6 nitrogen and oxygen atoms in total. The molecule has 0 aliphatic rings. The smallest absolute Gasteiger partial charge is 0.432 e. The molecule has 0 radical (unpaired) electrons. The number of alkyl halides is 3. The number of hydrogen-bond acceptors (Lipinski definition) is 4. The second-order valence-electron chi connectivity index (χ2n) is 6.41. The summed E-state index contributed by atoms with van der Waals surface area (Å²) in [6.45, 7) is 3.61. The number of aromatic amines is 1. The van der Waals surface area contributed by atoms with Gasteiger partial charge in [-0.3, -0.25) is 10.1 Å². The summed E-state index contributed by atoms with van der Waals surface area (Å²) in [5.41, 5.74) is -0.505. The number of nitrogens with zero attached hydrogens (tertiary/aromatic N) is 3. The number of hydrogen-bond donors (Lipinski definition) is 2. The van der Waals surface area contributed by atoms with Gasteiger partial charge in [-0.05, 0) is 44.2 Å². The molecule has 0 spiro atoms. The number of H-pyrrole nitrogens is 1. The Labute approximate surface area is 152 Å². The first-order valence-corrected chi connectivity index (χ1v) is 7.90. The Morgan fingerprint density at radius 3 is 2.22 bits per heavy atom. The van der Waals surface area contributed by atoms with Gasteiger partial charge < -0.3 is 5.11 Å². The molecule has 0 fully saturated rings. The van der Waals surface area contributed by atoms with Crippen LogP contribution in [0.2, 0.25) is 0 Å². The van der Waals surface area contributed by atoms with Crippen molar-refractivity contribution in [3.63, 3.8) is 0 Å². The van der Waals surface area contributed by atoms with Crippen LogP contribution in [-0.4, -0.2) is 31.2 Å². The Hall–Kier alpha value is -3.23. The van der Waals surface area contributed by atoms with Gasteiger partial charge >= 0.3 is 12.1 Å². The topological polar surface area (TPSA) is 91.8 Å². The lowest BCUT2D eigenvalue weighted by Crippen LogP contribution is -2.23. The highest BCUT2D eigenvalue weighted by Gasteiger charge is 2.33. The van der Waals surface area contributed by atoms with E-state index < -0.39 is 23.3 Å². The van der Waals surface area contributed by atoms with Crippen LogP contribution in [0.25, 0.3) is 11.4 Å². The van der Waals surface area contributed by atoms with Gasteiger partial charge in [0.2, 0.25) is 0 Å². The highest BCUT2D eigenvalue weighted by molar-refractivity contribution is 5.85. The van der Waals surface area contributed by atoms with Gasteiger partial charge in [-0.2, -0.15) is 18.3 Å². The molecule has 3 rings (SSSR count). The van der Waals surface area contributed by atoms with Gasteiger partial charge in [0.1, 0.15) is 17.1 Å². The molecule has 0 bridgehead atoms. The van der Waals surface area contributed by atoms with E-state index in [0.29, 0.717) is 11.4 Å². The lowest BCUT2D eigenvalue weighted by atomic mass is 9.84. The van der Waals surface area contributed by atoms with Gasteiger partial charge in [-0.25, -0.2) is 9.78 Å². The molecular weight excluding hydrogens is 361 g/mol. The van der Waals surface area contributed by atoms with E-state index in [4.69, 9.17) is 5.11 Å². The van der Waals surface area contributed by atoms with Crippen LogP contribution in [0.15, 0.2) is 42.5 Å². The van der Waals surface area contributed by atoms with Crippen molar-refractivity contribution >= 4 is 5.97 Å². The summed E-state index contributed by atoms with van der Waals surface area (Å²) in [4.78, 5) is 19.7. The highest BCUT2D eigenvalue weighted by atomic mass is 19.4. The van der Waals surface area contributed by atoms with Crippen molar-refractivity contribution in [2.45, 2.75) is 25.4 Å². The van der Waals surface area contributed by atoms with Crippen molar-refractivity contribution < 1.29 is 23.1 Å². The SMILES string of the molecule is CC(C)(c1cccc(C(=O)O)n1)c1cccc(-c2cc(C(F)(F)F)[nH]n2)n1. The third-order valence-corrected chi connectivity index (χ3v) is 4.14. The lowest BCUT2D eigenvalue weighted by molar-refractivity contribution is -0.141. The maximum Gasteiger partial charge on any atom is 0.432 e. The molecule has 0 aliphatic carbocycles. The summed E-state index contributed by atoms with van der Waals surface area (Å²) < 4.78 is 38.3. The van der Waals surface area contributed by atoms with Gasteiger partial charge in [0, 0.05) is 5.41 Å². The number of aromatic nitrogens is 4. The Morgan fingerprint density at radius 1 is 1.00 bits per heavy atom. The Kier molecular flexibility index (Phi) is 4.46. The zero-order valence-corrected chi connectivity index (χ0v) is 14.4. The summed E-state index contributed by atoms with van der Waals surface area (Å²) in [5, 5.41) is 14.8. The van der Waals surface area contributed by atoms with Gasteiger partial charge in [-0.15, -0.1) is 0 Å². The molecule has 9 heteroatoms. The third-order valence-electron chi connectivity index (χ3n) is 4.14. The molecule has 0 saturated carbocycles. The summed E-state index contributed by atoms with van der Waals surface area (Å²) in [7, 11) is 0. The van der Waals surface area contributed by atoms with Gasteiger partial charge in [0.15, 0.2) is 0 Å². The normalized spacial score (nSPS) is 12.2. The number of pyridine rings is 2. The van der Waals surface area contributed by atoms with Crippen molar-refractivity contribution in [2.75, 3.05) is 0 Å². The fraction of sp³-hybridized carbons (Fsp3) is 0.222. The molecule has 0 unspecified atom stereocenters. The fourth-order valence-electron chi connectivity index (χ4n) is 2.56. The van der Waals surface area contributed by atoms with Crippen LogP contribution >= 0.6 is 0 Å². The van der Waals surface area contributed by atoms with Crippen LogP contribution in [-0.2, 0) is 11.6 Å². The molecule has 3 heterocycles. The van der Waals surface area contributed by atoms with Crippen molar-refractivity contribution in [3.05, 3.63) is 65.2 Å². The fourth-order valence-corrected chi connectivity index (χ4v) is 2.56. The summed E-state index contributed by atoms with van der Waals surface area (Å²) in [6, 6.07) is 10.4. The summed E-state index contributed by atoms with van der Waals surface area (Å²) in [6.07, 6.45) is -4.52. The quantitative estimate of drug-likeness (QED) is 0.720. The van der Waals surface area contributed by atoms with Crippen LogP contribution in [0.4, 0.5) is 13.2 Å². The monoisotopic (exact) mass is 376 g/mol. The molecule has 3 aromatic rings. The number of nitrogens with one attached hydrogen (secondary N) is 1. The Morgan fingerprint density at radius 2 is 1.63 bits per heavy atom. The number of rotatable bonds is 4. The molecule has 140 valence electrons. The third kappa shape index (κ3) is 3.67. The lowest BCUT2D eigenvalue weighted by Gasteiger charge is -2.24. The molecular formula is C18H15F3N4O2. The molecule has 0 aliphatic heterocycles. The largest absolute Gasteiger partial charge is 0.477 e. The van der Waals surface area contributed by atoms with E-state index in [1.807, 2.05) is 5.10 Å². The zero-order chi connectivity index (χ0) is 19.8. The van der Waals surface area contributed by atoms with Crippen molar-refractivity contribution in [3.8, 4) is 11.4 Å². The van der Waals surface area contributed by atoms with Gasteiger partial charge in [0.05, 0.1) is 17.1 Å². The first-order valence-electron chi connectivity index (χ1n) is 7.90. The summed E-state index contributed by atoms with van der Waals surface area (Å²) in [5.74, 6) is -1.15. The van der Waals surface area contributed by atoms with E-state index >= 15 is 0 Å². The van der Waals surface area contributed by atoms with E-state index in [0.717, 1.165) is 6.07 Å². The van der Waals surface area contributed by atoms with Crippen molar-refractivity contribution in [1.29, 1.82) is 0 Å². The predicted octanol–water partition coefficient (Wildman–Crippen LogP) is 3.91. The number of aromatic carboxylic acids is 1. The molecule has 0 saturated heterocycles. The van der Waals surface area contributed by atoms with Crippen LogP contribution in [0.5, 0.6) is 0 Å². The van der Waals surface area contributed by atoms with E-state index in [1.165, 1.54) is 6.07 Å². The van der Waals surface area contributed by atoms with Gasteiger partial charge in [-0.1, -0.05) is 12.1 Å². The van der Waals surface area contributed by atoms with E-state index in [1.54, 1.807) is 44.2 Å². The minimum Gasteiger partial charge on any atom is -0.477 e. The van der Waals surface area contributed by atoms with Crippen molar-refractivity contribution in [2.24, 2.45) is 0 Å². The maximum atomic E-state index is 12.8. The maximum absolute atomic E-state index is 12.8. The number of carboxylic acid groups (broad SMARTS) is 1. The van der Waals surface area contributed by atoms with E-state index in [9.17, 15) is 18.0 Å². The van der Waals surface area contributed by atoms with Crippen LogP contribution in [0, 0.1) is 0 Å². The minimum atomic E-state index is -4.52. The first kappa shape index (κ1) is 18.6. The molecule has 3 aromatic heterocycles. The predicted molar refractivity (Wildman–Crippen MR) is 90.1 cm³/mol. The van der Waals surface area contributed by atoms with Gasteiger partial charge in [0.25, 0.3) is 0 Å². The standard InChI is InChI=1S/C18H15F3N4O2/c1-17(2,14-8-4-6-11(23-14)16(26)27)13-7-3-5-10(22-13)12-9-15(25-24-12)18(19,20)21/h3-9H,1-2H3,(H,24,25)(H,26,27). The Bertz CT molecular complexity index is 996. The first-order chi connectivity index (χ1) is 12.6. The van der Waals surface area contributed by atoms with Crippen molar-refractivity contribution in [1.82, 2.24) is 20.2 Å². The van der Waals surface area contributed by atoms with E-state index in [-0.39, 0.29) is 17.1 Å². The number of carboxylic acids is 1. The second kappa shape index (κ2) is 6.49. The zero-order valence-electron chi connectivity index (χ0n) is 14.4. The highest BCUT2D eigenvalue weighted by Crippen LogP contribution is 2.32. The molecule has 0 amide bonds.